The first kappa shape index (κ1) is 26.4. The highest BCUT2D eigenvalue weighted by atomic mass is 79.9. The van der Waals surface area contributed by atoms with E-state index >= 15 is 0 Å². The van der Waals surface area contributed by atoms with Crippen molar-refractivity contribution in [2.45, 2.75) is 19.9 Å². The second kappa shape index (κ2) is 11.3. The molecule has 194 valence electrons. The highest BCUT2D eigenvalue weighted by molar-refractivity contribution is 9.13. The molecule has 3 heterocycles. The van der Waals surface area contributed by atoms with Gasteiger partial charge in [0, 0.05) is 11.6 Å². The van der Waals surface area contributed by atoms with Gasteiger partial charge < -0.3 is 13.9 Å². The summed E-state index contributed by atoms with van der Waals surface area (Å²) in [5, 5.41) is 0. The molecule has 2 aromatic carbocycles. The number of esters is 1. The standard InChI is InChI=1S/C28H22Br2N2O5S/c1-3-35-18-12-10-17(11-13-18)24-22(27(34)36-4-2)23(16-8-6-5-7-9-16)31-28-32(24)26(33)21(38-28)15-19-14-20(29)25(30)37-19/h5-15,24H,3-4H2,1-2H3/b21-15+/t24-/m0/s1. The molecule has 7 nitrogen and oxygen atoms in total. The van der Waals surface area contributed by atoms with Crippen LogP contribution in [-0.2, 0) is 9.53 Å². The van der Waals surface area contributed by atoms with E-state index in [-0.39, 0.29) is 12.2 Å². The predicted molar refractivity (Wildman–Crippen MR) is 153 cm³/mol. The Morgan fingerprint density at radius 1 is 1.11 bits per heavy atom. The number of carbonyl (C=O) groups is 1. The third kappa shape index (κ3) is 5.08. The summed E-state index contributed by atoms with van der Waals surface area (Å²) in [5.41, 5.74) is 1.97. The molecule has 5 rings (SSSR count). The Morgan fingerprint density at radius 2 is 1.84 bits per heavy atom. The summed E-state index contributed by atoms with van der Waals surface area (Å²) in [6.45, 7) is 4.38. The van der Waals surface area contributed by atoms with Crippen molar-refractivity contribution < 1.29 is 18.7 Å². The minimum absolute atomic E-state index is 0.188. The van der Waals surface area contributed by atoms with Gasteiger partial charge in [0.1, 0.15) is 11.5 Å². The smallest absolute Gasteiger partial charge is 0.338 e. The molecule has 0 saturated carbocycles. The van der Waals surface area contributed by atoms with Crippen molar-refractivity contribution in [3.8, 4) is 5.75 Å². The zero-order chi connectivity index (χ0) is 26.8. The largest absolute Gasteiger partial charge is 0.494 e. The van der Waals surface area contributed by atoms with Gasteiger partial charge in [0.25, 0.3) is 5.56 Å². The number of furan rings is 1. The lowest BCUT2D eigenvalue weighted by atomic mass is 9.93. The molecule has 2 aromatic heterocycles. The minimum Gasteiger partial charge on any atom is -0.494 e. The Bertz CT molecular complexity index is 1680. The number of rotatable bonds is 7. The summed E-state index contributed by atoms with van der Waals surface area (Å²) in [6, 6.07) is 17.8. The fraction of sp³-hybridized carbons (Fsp3) is 0.179. The lowest BCUT2D eigenvalue weighted by molar-refractivity contribution is -0.138. The summed E-state index contributed by atoms with van der Waals surface area (Å²) in [4.78, 5) is 32.6. The van der Waals surface area contributed by atoms with Gasteiger partial charge in [-0.25, -0.2) is 9.79 Å². The molecule has 0 unspecified atom stereocenters. The van der Waals surface area contributed by atoms with Gasteiger partial charge in [-0.3, -0.25) is 9.36 Å². The molecule has 1 atom stereocenters. The van der Waals surface area contributed by atoms with Gasteiger partial charge in [-0.05, 0) is 69.5 Å². The molecule has 0 spiro atoms. The number of carbonyl (C=O) groups excluding carboxylic acids is 1. The molecule has 0 radical (unpaired) electrons. The molecule has 0 saturated heterocycles. The topological polar surface area (TPSA) is 83.0 Å². The van der Waals surface area contributed by atoms with Crippen LogP contribution < -0.4 is 19.6 Å². The second-order valence-electron chi connectivity index (χ2n) is 8.20. The van der Waals surface area contributed by atoms with Crippen LogP contribution in [0.15, 0.2) is 89.6 Å². The van der Waals surface area contributed by atoms with Crippen molar-refractivity contribution in [2.24, 2.45) is 4.99 Å². The van der Waals surface area contributed by atoms with E-state index in [1.807, 2.05) is 61.5 Å². The number of hydrogen-bond acceptors (Lipinski definition) is 7. The third-order valence-electron chi connectivity index (χ3n) is 5.82. The van der Waals surface area contributed by atoms with Crippen molar-refractivity contribution in [1.82, 2.24) is 4.57 Å². The molecule has 0 N–H and O–H groups in total. The van der Waals surface area contributed by atoms with Crippen LogP contribution in [-0.4, -0.2) is 23.8 Å². The van der Waals surface area contributed by atoms with Crippen LogP contribution >= 0.6 is 43.2 Å². The van der Waals surface area contributed by atoms with E-state index in [4.69, 9.17) is 18.9 Å². The number of ether oxygens (including phenoxy) is 2. The van der Waals surface area contributed by atoms with Crippen molar-refractivity contribution in [1.29, 1.82) is 0 Å². The molecule has 0 aliphatic carbocycles. The lowest BCUT2D eigenvalue weighted by Gasteiger charge is -2.26. The molecule has 0 bridgehead atoms. The van der Waals surface area contributed by atoms with Gasteiger partial charge in [-0.1, -0.05) is 53.8 Å². The molecule has 4 aromatic rings. The van der Waals surface area contributed by atoms with Crippen LogP contribution in [0, 0.1) is 0 Å². The highest BCUT2D eigenvalue weighted by Crippen LogP contribution is 2.35. The van der Waals surface area contributed by atoms with Gasteiger partial charge in [-0.15, -0.1) is 0 Å². The van der Waals surface area contributed by atoms with E-state index in [1.54, 1.807) is 23.6 Å². The Labute approximate surface area is 239 Å². The maximum Gasteiger partial charge on any atom is 0.338 e. The molecular formula is C28H22Br2N2O5S. The number of fused-ring (bicyclic) bond motifs is 1. The number of nitrogens with zero attached hydrogens (tertiary/aromatic N) is 2. The summed E-state index contributed by atoms with van der Waals surface area (Å²) < 4.78 is 20.0. The van der Waals surface area contributed by atoms with Gasteiger partial charge in [0.2, 0.25) is 0 Å². The maximum absolute atomic E-state index is 13.8. The minimum atomic E-state index is -0.756. The monoisotopic (exact) mass is 656 g/mol. The zero-order valence-electron chi connectivity index (χ0n) is 20.4. The van der Waals surface area contributed by atoms with Gasteiger partial charge in [0.15, 0.2) is 9.47 Å². The highest BCUT2D eigenvalue weighted by Gasteiger charge is 2.35. The van der Waals surface area contributed by atoms with Crippen molar-refractivity contribution in [3.63, 3.8) is 0 Å². The summed E-state index contributed by atoms with van der Waals surface area (Å²) in [7, 11) is 0. The predicted octanol–water partition coefficient (Wildman–Crippen LogP) is 5.45. The number of benzene rings is 2. The maximum atomic E-state index is 13.8. The first-order chi connectivity index (χ1) is 18.4. The van der Waals surface area contributed by atoms with E-state index in [9.17, 15) is 9.59 Å². The Kier molecular flexibility index (Phi) is 7.83. The van der Waals surface area contributed by atoms with Gasteiger partial charge >= 0.3 is 5.97 Å². The third-order valence-corrected chi connectivity index (χ3v) is 8.51. The van der Waals surface area contributed by atoms with Crippen LogP contribution in [0.3, 0.4) is 0 Å². The fourth-order valence-corrected chi connectivity index (χ4v) is 5.82. The van der Waals surface area contributed by atoms with Crippen LogP contribution in [0.25, 0.3) is 11.8 Å². The normalized spacial score (nSPS) is 15.3. The van der Waals surface area contributed by atoms with Gasteiger partial charge in [-0.2, -0.15) is 0 Å². The van der Waals surface area contributed by atoms with Crippen LogP contribution in [0.5, 0.6) is 5.75 Å². The van der Waals surface area contributed by atoms with Crippen molar-refractivity contribution in [3.05, 3.63) is 112 Å². The van der Waals surface area contributed by atoms with Gasteiger partial charge in [0.05, 0.1) is 39.5 Å². The summed E-state index contributed by atoms with van der Waals surface area (Å²) >= 11 is 7.97. The van der Waals surface area contributed by atoms with Crippen molar-refractivity contribution in [2.75, 3.05) is 13.2 Å². The number of aromatic nitrogens is 1. The van der Waals surface area contributed by atoms with E-state index in [2.05, 4.69) is 31.9 Å². The molecular weight excluding hydrogens is 636 g/mol. The van der Waals surface area contributed by atoms with Crippen molar-refractivity contribution >= 4 is 60.9 Å². The van der Waals surface area contributed by atoms with E-state index in [0.717, 1.165) is 15.6 Å². The Balaban J connectivity index is 1.80. The quantitative estimate of drug-likeness (QED) is 0.247. The fourth-order valence-electron chi connectivity index (χ4n) is 4.23. The Morgan fingerprint density at radius 3 is 2.47 bits per heavy atom. The average molecular weight is 658 g/mol. The first-order valence-electron chi connectivity index (χ1n) is 11.9. The molecule has 1 aliphatic rings. The number of halogens is 2. The van der Waals surface area contributed by atoms with Crippen LogP contribution in [0.2, 0.25) is 0 Å². The summed E-state index contributed by atoms with van der Waals surface area (Å²) in [5.74, 6) is 0.671. The Hall–Kier alpha value is -3.21. The molecule has 0 amide bonds. The molecule has 38 heavy (non-hydrogen) atoms. The lowest BCUT2D eigenvalue weighted by Crippen LogP contribution is -2.40. The molecule has 1 aliphatic heterocycles. The van der Waals surface area contributed by atoms with E-state index < -0.39 is 12.0 Å². The van der Waals surface area contributed by atoms with Crippen LogP contribution in [0.4, 0.5) is 0 Å². The SMILES string of the molecule is CCOC(=O)C1=C(c2ccccc2)N=c2s/c(=C/c3cc(Br)c(Br)o3)c(=O)n2[C@H]1c1ccc(OCC)cc1. The molecule has 0 fully saturated rings. The number of hydrogen-bond donors (Lipinski definition) is 0. The zero-order valence-corrected chi connectivity index (χ0v) is 24.4. The van der Waals surface area contributed by atoms with E-state index in [1.165, 1.54) is 11.3 Å². The average Bonchev–Trinajstić information content (AvgIpc) is 3.41. The molecule has 10 heteroatoms. The van der Waals surface area contributed by atoms with E-state index in [0.29, 0.717) is 43.4 Å². The summed E-state index contributed by atoms with van der Waals surface area (Å²) in [6.07, 6.45) is 1.67. The first-order valence-corrected chi connectivity index (χ1v) is 14.3. The second-order valence-corrected chi connectivity index (χ2v) is 10.8. The van der Waals surface area contributed by atoms with Crippen LogP contribution in [0.1, 0.15) is 36.8 Å². The number of thiazole rings is 1.